The molecule has 1 heterocycles. The summed E-state index contributed by atoms with van der Waals surface area (Å²) >= 11 is 0. The van der Waals surface area contributed by atoms with E-state index < -0.39 is 23.5 Å². The smallest absolute Gasteiger partial charge is 0.303 e. The molecule has 0 aromatic heterocycles. The van der Waals surface area contributed by atoms with Gasteiger partial charge in [0.15, 0.2) is 0 Å². The molecule has 0 aliphatic carbocycles. The van der Waals surface area contributed by atoms with Crippen molar-refractivity contribution in [1.29, 1.82) is 0 Å². The minimum Gasteiger partial charge on any atom is -0.481 e. The van der Waals surface area contributed by atoms with E-state index in [1.807, 2.05) is 0 Å². The number of carboxylic acid groups (broad SMARTS) is 1. The van der Waals surface area contributed by atoms with E-state index in [4.69, 9.17) is 10.9 Å². The van der Waals surface area contributed by atoms with Crippen molar-refractivity contribution in [3.63, 3.8) is 0 Å². The van der Waals surface area contributed by atoms with Gasteiger partial charge in [-0.1, -0.05) is 13.8 Å². The Morgan fingerprint density at radius 2 is 2.17 bits per heavy atom. The van der Waals surface area contributed by atoms with E-state index in [1.54, 1.807) is 13.8 Å². The molecule has 1 aliphatic rings. The summed E-state index contributed by atoms with van der Waals surface area (Å²) in [4.78, 5) is 24.5. The minimum atomic E-state index is -0.977. The van der Waals surface area contributed by atoms with Crippen LogP contribution in [0.1, 0.15) is 26.7 Å². The van der Waals surface area contributed by atoms with Crippen LogP contribution in [-0.2, 0) is 9.59 Å². The summed E-state index contributed by atoms with van der Waals surface area (Å²) in [6.45, 7) is 4.10. The molecule has 1 amide bonds. The monoisotopic (exact) mass is 259 g/mol. The second kappa shape index (κ2) is 5.64. The Morgan fingerprint density at radius 3 is 2.56 bits per heavy atom. The lowest BCUT2D eigenvalue weighted by molar-refractivity contribution is -0.142. The predicted molar refractivity (Wildman–Crippen MR) is 64.3 cm³/mol. The lowest BCUT2D eigenvalue weighted by atomic mass is 9.80. The van der Waals surface area contributed by atoms with Gasteiger partial charge in [0.1, 0.15) is 6.04 Å². The Balaban J connectivity index is 2.76. The zero-order chi connectivity index (χ0) is 13.9. The molecule has 18 heavy (non-hydrogen) atoms. The first-order chi connectivity index (χ1) is 8.27. The van der Waals surface area contributed by atoms with Crippen LogP contribution in [0.3, 0.4) is 0 Å². The van der Waals surface area contributed by atoms with E-state index in [2.05, 4.69) is 5.43 Å². The maximum atomic E-state index is 12.2. The number of aliphatic hydroxyl groups excluding tert-OH is 1. The van der Waals surface area contributed by atoms with Crippen LogP contribution in [0.15, 0.2) is 0 Å². The molecule has 1 saturated heterocycles. The van der Waals surface area contributed by atoms with Crippen LogP contribution in [0.4, 0.5) is 0 Å². The van der Waals surface area contributed by atoms with Gasteiger partial charge in [0.05, 0.1) is 12.5 Å². The van der Waals surface area contributed by atoms with E-state index in [9.17, 15) is 14.7 Å². The third-order valence-electron chi connectivity index (χ3n) is 3.28. The molecule has 7 nitrogen and oxygen atoms in total. The normalized spacial score (nSPS) is 22.0. The minimum absolute atomic E-state index is 0.163. The van der Waals surface area contributed by atoms with Crippen LogP contribution in [0.25, 0.3) is 0 Å². The largest absolute Gasteiger partial charge is 0.481 e. The molecule has 7 heteroatoms. The number of nitrogens with zero attached hydrogens (tertiary/aromatic N) is 1. The number of β-amino-alcohol motifs (C(OH)–C–C–N with tert-alkyl or cyclic N) is 1. The molecule has 0 radical (unpaired) electrons. The number of rotatable bonds is 5. The molecule has 104 valence electrons. The number of carbonyl (C=O) groups excluding carboxylic acids is 1. The summed E-state index contributed by atoms with van der Waals surface area (Å²) in [5.41, 5.74) is 1.60. The van der Waals surface area contributed by atoms with Crippen LogP contribution in [0.5, 0.6) is 0 Å². The van der Waals surface area contributed by atoms with E-state index in [-0.39, 0.29) is 18.9 Å². The van der Waals surface area contributed by atoms with Crippen molar-refractivity contribution in [2.75, 3.05) is 13.1 Å². The molecule has 0 spiro atoms. The Labute approximate surface area is 106 Å². The fraction of sp³-hybridized carbons (Fsp3) is 0.818. The Kier molecular flexibility index (Phi) is 4.66. The first kappa shape index (κ1) is 14.9. The van der Waals surface area contributed by atoms with Crippen molar-refractivity contribution < 1.29 is 19.8 Å². The van der Waals surface area contributed by atoms with Crippen molar-refractivity contribution in [1.82, 2.24) is 10.3 Å². The lowest BCUT2D eigenvalue weighted by Crippen LogP contribution is -2.56. The van der Waals surface area contributed by atoms with Crippen LogP contribution >= 0.6 is 0 Å². The van der Waals surface area contributed by atoms with Gasteiger partial charge in [-0.05, 0) is 6.42 Å². The second-order valence-electron chi connectivity index (χ2n) is 5.39. The highest BCUT2D eigenvalue weighted by atomic mass is 16.4. The quantitative estimate of drug-likeness (QED) is 0.368. The highest BCUT2D eigenvalue weighted by Gasteiger charge is 2.40. The number of likely N-dealkylation sites (tertiary alicyclic amines) is 1. The molecular weight excluding hydrogens is 238 g/mol. The maximum Gasteiger partial charge on any atom is 0.303 e. The van der Waals surface area contributed by atoms with Crippen molar-refractivity contribution in [3.8, 4) is 0 Å². The second-order valence-corrected chi connectivity index (χ2v) is 5.39. The summed E-state index contributed by atoms with van der Waals surface area (Å²) in [6, 6.07) is -0.779. The summed E-state index contributed by atoms with van der Waals surface area (Å²) in [5.74, 6) is 4.14. The molecule has 0 aromatic carbocycles. The van der Waals surface area contributed by atoms with E-state index in [0.29, 0.717) is 13.0 Å². The first-order valence-corrected chi connectivity index (χ1v) is 5.92. The number of hydrogen-bond acceptors (Lipinski definition) is 5. The summed E-state index contributed by atoms with van der Waals surface area (Å²) in [7, 11) is 0. The van der Waals surface area contributed by atoms with Gasteiger partial charge in [0.2, 0.25) is 5.91 Å². The van der Waals surface area contributed by atoms with Gasteiger partial charge in [-0.2, -0.15) is 0 Å². The highest BCUT2D eigenvalue weighted by molar-refractivity contribution is 5.84. The van der Waals surface area contributed by atoms with E-state index >= 15 is 0 Å². The highest BCUT2D eigenvalue weighted by Crippen LogP contribution is 2.27. The van der Waals surface area contributed by atoms with Gasteiger partial charge in [0, 0.05) is 18.5 Å². The number of hydrazine groups is 1. The standard InChI is InChI=1S/C11H21N3O4/c1-11(2,5-8(16)17)9(13-12)10(18)14-4-3-7(15)6-14/h7,9,13,15H,3-6,12H2,1-2H3,(H,16,17). The molecule has 0 bridgehead atoms. The predicted octanol–water partition coefficient (Wildman–Crippen LogP) is -1.09. The molecule has 2 atom stereocenters. The summed E-state index contributed by atoms with van der Waals surface area (Å²) < 4.78 is 0. The number of amides is 1. The third-order valence-corrected chi connectivity index (χ3v) is 3.28. The molecule has 1 fully saturated rings. The summed E-state index contributed by atoms with van der Waals surface area (Å²) in [6.07, 6.45) is -0.123. The Morgan fingerprint density at radius 1 is 1.56 bits per heavy atom. The van der Waals surface area contributed by atoms with Gasteiger partial charge >= 0.3 is 5.97 Å². The zero-order valence-corrected chi connectivity index (χ0v) is 10.7. The third kappa shape index (κ3) is 3.41. The SMILES string of the molecule is CC(C)(CC(=O)O)C(NN)C(=O)N1CCC(O)C1. The van der Waals surface area contributed by atoms with Crippen LogP contribution in [0, 0.1) is 5.41 Å². The molecule has 1 aliphatic heterocycles. The average molecular weight is 259 g/mol. The molecular formula is C11H21N3O4. The number of carbonyl (C=O) groups is 2. The zero-order valence-electron chi connectivity index (χ0n) is 10.7. The topological polar surface area (TPSA) is 116 Å². The van der Waals surface area contributed by atoms with Gasteiger partial charge in [0.25, 0.3) is 0 Å². The van der Waals surface area contributed by atoms with E-state index in [0.717, 1.165) is 0 Å². The fourth-order valence-corrected chi connectivity index (χ4v) is 2.25. The average Bonchev–Trinajstić information content (AvgIpc) is 2.63. The van der Waals surface area contributed by atoms with E-state index in [1.165, 1.54) is 4.90 Å². The van der Waals surface area contributed by atoms with Crippen molar-refractivity contribution in [2.24, 2.45) is 11.3 Å². The number of nitrogens with one attached hydrogen (secondary N) is 1. The van der Waals surface area contributed by atoms with Gasteiger partial charge < -0.3 is 15.1 Å². The van der Waals surface area contributed by atoms with Crippen molar-refractivity contribution >= 4 is 11.9 Å². The van der Waals surface area contributed by atoms with Crippen LogP contribution in [-0.4, -0.2) is 52.2 Å². The van der Waals surface area contributed by atoms with Gasteiger partial charge in [-0.15, -0.1) is 0 Å². The van der Waals surface area contributed by atoms with Crippen molar-refractivity contribution in [3.05, 3.63) is 0 Å². The molecule has 5 N–H and O–H groups in total. The lowest BCUT2D eigenvalue weighted by Gasteiger charge is -2.34. The van der Waals surface area contributed by atoms with Gasteiger partial charge in [-0.3, -0.25) is 15.4 Å². The Bertz CT molecular complexity index is 332. The summed E-state index contributed by atoms with van der Waals surface area (Å²) in [5, 5.41) is 18.3. The fourth-order valence-electron chi connectivity index (χ4n) is 2.25. The number of aliphatic hydroxyl groups is 1. The number of carboxylic acids is 1. The number of nitrogens with two attached hydrogens (primary N) is 1. The number of aliphatic carboxylic acids is 1. The molecule has 0 aromatic rings. The van der Waals surface area contributed by atoms with Gasteiger partial charge in [-0.25, -0.2) is 5.43 Å². The van der Waals surface area contributed by atoms with Crippen molar-refractivity contribution in [2.45, 2.75) is 38.8 Å². The van der Waals surface area contributed by atoms with Crippen LogP contribution < -0.4 is 11.3 Å². The Hall–Kier alpha value is -1.18. The molecule has 0 saturated carbocycles. The number of hydrogen-bond donors (Lipinski definition) is 4. The first-order valence-electron chi connectivity index (χ1n) is 5.92. The maximum absolute atomic E-state index is 12.2. The molecule has 1 rings (SSSR count). The molecule has 2 unspecified atom stereocenters. The van der Waals surface area contributed by atoms with Crippen LogP contribution in [0.2, 0.25) is 0 Å².